The van der Waals surface area contributed by atoms with Crippen molar-refractivity contribution in [3.05, 3.63) is 64.3 Å². The third kappa shape index (κ3) is 5.67. The zero-order valence-corrected chi connectivity index (χ0v) is 18.4. The highest BCUT2D eigenvalue weighted by Crippen LogP contribution is 2.35. The van der Waals surface area contributed by atoms with E-state index in [2.05, 4.69) is 0 Å². The van der Waals surface area contributed by atoms with Gasteiger partial charge in [-0.1, -0.05) is 24.3 Å². The first-order valence-electron chi connectivity index (χ1n) is 9.97. The number of halogens is 1. The lowest BCUT2D eigenvalue weighted by molar-refractivity contribution is -0.145. The Morgan fingerprint density at radius 2 is 1.84 bits per heavy atom. The van der Waals surface area contributed by atoms with E-state index in [4.69, 9.17) is 14.2 Å². The predicted molar refractivity (Wildman–Crippen MR) is 118 cm³/mol. The molecule has 0 spiro atoms. The summed E-state index contributed by atoms with van der Waals surface area (Å²) in [6, 6.07) is 11.3. The molecule has 9 heteroatoms. The fourth-order valence-corrected chi connectivity index (χ4v) is 3.73. The van der Waals surface area contributed by atoms with Gasteiger partial charge < -0.3 is 14.2 Å². The topological polar surface area (TPSA) is 82.1 Å². The van der Waals surface area contributed by atoms with Crippen LogP contribution >= 0.6 is 11.8 Å². The van der Waals surface area contributed by atoms with E-state index in [1.807, 2.05) is 6.92 Å². The summed E-state index contributed by atoms with van der Waals surface area (Å²) in [7, 11) is 0. The molecule has 0 atom stereocenters. The van der Waals surface area contributed by atoms with Crippen LogP contribution in [0.4, 0.5) is 9.18 Å². The Hall–Kier alpha value is -3.33. The molecule has 0 radical (unpaired) electrons. The maximum atomic E-state index is 13.8. The summed E-state index contributed by atoms with van der Waals surface area (Å²) in [6.45, 7) is 3.59. The summed E-state index contributed by atoms with van der Waals surface area (Å²) in [5.41, 5.74) is 1.02. The van der Waals surface area contributed by atoms with Gasteiger partial charge in [-0.2, -0.15) is 0 Å². The number of hydrogen-bond acceptors (Lipinski definition) is 7. The van der Waals surface area contributed by atoms with E-state index in [-0.39, 0.29) is 23.9 Å². The van der Waals surface area contributed by atoms with E-state index < -0.39 is 23.7 Å². The van der Waals surface area contributed by atoms with Gasteiger partial charge in [0.1, 0.15) is 19.0 Å². The third-order valence-corrected chi connectivity index (χ3v) is 5.28. The Balaban J connectivity index is 1.77. The standard InChI is InChI=1S/C23H22FNO6S/c1-3-29-19-11-15(9-10-18(19)31-14-16-7-5-6-8-17(16)24)12-20-22(27)25(23(28)32-20)13-21(26)30-4-2/h5-12H,3-4,13-14H2,1-2H3/b20-12+. The lowest BCUT2D eigenvalue weighted by atomic mass is 10.1. The van der Waals surface area contributed by atoms with Crippen molar-refractivity contribution < 1.29 is 33.0 Å². The number of thioether (sulfide) groups is 1. The van der Waals surface area contributed by atoms with Crippen LogP contribution < -0.4 is 9.47 Å². The van der Waals surface area contributed by atoms with Gasteiger partial charge in [-0.3, -0.25) is 19.3 Å². The van der Waals surface area contributed by atoms with E-state index >= 15 is 0 Å². The van der Waals surface area contributed by atoms with Crippen LogP contribution in [0.3, 0.4) is 0 Å². The molecule has 0 saturated carbocycles. The molecule has 0 bridgehead atoms. The van der Waals surface area contributed by atoms with Crippen molar-refractivity contribution in [3.8, 4) is 11.5 Å². The number of carbonyl (C=O) groups is 3. The van der Waals surface area contributed by atoms with Crippen molar-refractivity contribution >= 4 is 35.0 Å². The van der Waals surface area contributed by atoms with E-state index in [0.717, 1.165) is 16.7 Å². The molecule has 1 saturated heterocycles. The van der Waals surface area contributed by atoms with Gasteiger partial charge in [0.25, 0.3) is 11.1 Å². The van der Waals surface area contributed by atoms with E-state index in [1.165, 1.54) is 6.07 Å². The van der Waals surface area contributed by atoms with Gasteiger partial charge in [-0.05, 0) is 55.4 Å². The van der Waals surface area contributed by atoms with Crippen molar-refractivity contribution in [1.82, 2.24) is 4.90 Å². The normalized spacial score (nSPS) is 14.7. The van der Waals surface area contributed by atoms with Crippen LogP contribution in [0.1, 0.15) is 25.0 Å². The van der Waals surface area contributed by atoms with E-state index in [0.29, 0.717) is 29.2 Å². The summed E-state index contributed by atoms with van der Waals surface area (Å²) in [5.74, 6) is -0.733. The Bertz CT molecular complexity index is 1050. The van der Waals surface area contributed by atoms with Gasteiger partial charge in [0.05, 0.1) is 18.1 Å². The van der Waals surface area contributed by atoms with Gasteiger partial charge in [0, 0.05) is 5.56 Å². The molecule has 1 fully saturated rings. The zero-order chi connectivity index (χ0) is 23.1. The van der Waals surface area contributed by atoms with Crippen LogP contribution in [0.2, 0.25) is 0 Å². The van der Waals surface area contributed by atoms with Gasteiger partial charge >= 0.3 is 5.97 Å². The summed E-state index contributed by atoms with van der Waals surface area (Å²) in [6.07, 6.45) is 1.54. The third-order valence-electron chi connectivity index (χ3n) is 4.37. The number of hydrogen-bond donors (Lipinski definition) is 0. The minimum Gasteiger partial charge on any atom is -0.490 e. The first-order valence-corrected chi connectivity index (χ1v) is 10.8. The summed E-state index contributed by atoms with van der Waals surface area (Å²) >= 11 is 0.746. The number of carbonyl (C=O) groups excluding carboxylic acids is 3. The number of ether oxygens (including phenoxy) is 3. The van der Waals surface area contributed by atoms with Gasteiger partial charge in [0.2, 0.25) is 0 Å². The van der Waals surface area contributed by atoms with Crippen LogP contribution in [0.5, 0.6) is 11.5 Å². The number of benzene rings is 2. The molecule has 168 valence electrons. The lowest BCUT2D eigenvalue weighted by Crippen LogP contribution is -2.34. The molecule has 1 heterocycles. The number of amides is 2. The average Bonchev–Trinajstić information content (AvgIpc) is 3.02. The number of esters is 1. The highest BCUT2D eigenvalue weighted by molar-refractivity contribution is 8.18. The smallest absolute Gasteiger partial charge is 0.326 e. The SMILES string of the molecule is CCOC(=O)CN1C(=O)S/C(=C/c2ccc(OCc3ccccc3F)c(OCC)c2)C1=O. The second kappa shape index (κ2) is 10.8. The second-order valence-corrected chi connectivity index (χ2v) is 7.59. The molecule has 32 heavy (non-hydrogen) atoms. The molecule has 3 rings (SSSR count). The van der Waals surface area contributed by atoms with Crippen LogP contribution in [0.25, 0.3) is 6.08 Å². The highest BCUT2D eigenvalue weighted by atomic mass is 32.2. The largest absolute Gasteiger partial charge is 0.490 e. The quantitative estimate of drug-likeness (QED) is 0.406. The monoisotopic (exact) mass is 459 g/mol. The maximum Gasteiger partial charge on any atom is 0.326 e. The Morgan fingerprint density at radius 3 is 2.56 bits per heavy atom. The first kappa shape index (κ1) is 23.3. The lowest BCUT2D eigenvalue weighted by Gasteiger charge is -2.13. The Kier molecular flexibility index (Phi) is 7.88. The molecular formula is C23H22FNO6S. The number of imide groups is 1. The van der Waals surface area contributed by atoms with Crippen molar-refractivity contribution in [3.63, 3.8) is 0 Å². The molecule has 7 nitrogen and oxygen atoms in total. The zero-order valence-electron chi connectivity index (χ0n) is 17.6. The Morgan fingerprint density at radius 1 is 1.06 bits per heavy atom. The maximum absolute atomic E-state index is 13.8. The molecule has 0 aliphatic carbocycles. The molecule has 2 aromatic rings. The van der Waals surface area contributed by atoms with Crippen LogP contribution in [-0.4, -0.2) is 41.8 Å². The average molecular weight is 459 g/mol. The fraction of sp³-hybridized carbons (Fsp3) is 0.261. The summed E-state index contributed by atoms with van der Waals surface area (Å²) < 4.78 is 30.0. The summed E-state index contributed by atoms with van der Waals surface area (Å²) in [4.78, 5) is 37.4. The van der Waals surface area contributed by atoms with E-state index in [1.54, 1.807) is 49.4 Å². The van der Waals surface area contributed by atoms with Crippen molar-refractivity contribution in [1.29, 1.82) is 0 Å². The highest BCUT2D eigenvalue weighted by Gasteiger charge is 2.36. The van der Waals surface area contributed by atoms with Crippen LogP contribution in [0.15, 0.2) is 47.4 Å². The minimum atomic E-state index is -0.647. The molecule has 0 aromatic heterocycles. The van der Waals surface area contributed by atoms with Gasteiger partial charge in [-0.25, -0.2) is 4.39 Å². The van der Waals surface area contributed by atoms with Crippen molar-refractivity contribution in [2.75, 3.05) is 19.8 Å². The molecule has 0 unspecified atom stereocenters. The van der Waals surface area contributed by atoms with Crippen LogP contribution in [-0.2, 0) is 20.9 Å². The van der Waals surface area contributed by atoms with Crippen molar-refractivity contribution in [2.45, 2.75) is 20.5 Å². The second-order valence-electron chi connectivity index (χ2n) is 6.59. The Labute approximate surface area is 189 Å². The fourth-order valence-electron chi connectivity index (χ4n) is 2.90. The van der Waals surface area contributed by atoms with Gasteiger partial charge in [-0.15, -0.1) is 0 Å². The number of nitrogens with zero attached hydrogens (tertiary/aromatic N) is 1. The number of rotatable bonds is 9. The van der Waals surface area contributed by atoms with Gasteiger partial charge in [0.15, 0.2) is 11.5 Å². The molecule has 1 aliphatic heterocycles. The van der Waals surface area contributed by atoms with Crippen molar-refractivity contribution in [2.24, 2.45) is 0 Å². The molecule has 2 aromatic carbocycles. The molecular weight excluding hydrogens is 437 g/mol. The predicted octanol–water partition coefficient (Wildman–Crippen LogP) is 4.40. The molecule has 1 aliphatic rings. The first-order chi connectivity index (χ1) is 15.4. The minimum absolute atomic E-state index is 0.0266. The molecule has 2 amide bonds. The summed E-state index contributed by atoms with van der Waals surface area (Å²) in [5, 5.41) is -0.538. The molecule has 0 N–H and O–H groups in total. The van der Waals surface area contributed by atoms with E-state index in [9.17, 15) is 18.8 Å². The van der Waals surface area contributed by atoms with Crippen LogP contribution in [0, 0.1) is 5.82 Å².